The van der Waals surface area contributed by atoms with Crippen molar-refractivity contribution < 1.29 is 9.59 Å². The van der Waals surface area contributed by atoms with E-state index in [0.29, 0.717) is 9.75 Å². The molecule has 0 N–H and O–H groups in total. The minimum Gasteiger partial charge on any atom is -0.297 e. The van der Waals surface area contributed by atoms with Crippen molar-refractivity contribution in [1.29, 1.82) is 0 Å². The van der Waals surface area contributed by atoms with Crippen LogP contribution < -0.4 is 0 Å². The Hall–Kier alpha value is -0.300. The number of hydrogen-bond acceptors (Lipinski definition) is 4. The maximum atomic E-state index is 10.7. The molecule has 0 bridgehead atoms. The summed E-state index contributed by atoms with van der Waals surface area (Å²) >= 11 is 9.45. The smallest absolute Gasteiger partial charge is 0.161 e. The highest BCUT2D eigenvalue weighted by Crippen LogP contribution is 2.39. The fourth-order valence-corrected chi connectivity index (χ4v) is 4.41. The predicted molar refractivity (Wildman–Crippen MR) is 73.8 cm³/mol. The molecule has 0 radical (unpaired) electrons. The number of halogens is 2. The van der Waals surface area contributed by atoms with Gasteiger partial charge in [-0.15, -0.1) is 22.7 Å². The van der Waals surface area contributed by atoms with E-state index in [4.69, 9.17) is 0 Å². The second-order valence-electron chi connectivity index (χ2n) is 2.88. The molecular weight excluding hydrogens is 376 g/mol. The van der Waals surface area contributed by atoms with E-state index >= 15 is 0 Å². The zero-order valence-electron chi connectivity index (χ0n) is 7.70. The fraction of sp³-hybridized carbons (Fsp3) is 0. The average Bonchev–Trinajstić information content (AvgIpc) is 2.81. The lowest BCUT2D eigenvalue weighted by Gasteiger charge is -1.86. The molecular formula is C10H4Br2O2S2. The Labute approximate surface area is 117 Å². The molecule has 0 aromatic carbocycles. The monoisotopic (exact) mass is 378 g/mol. The quantitative estimate of drug-likeness (QED) is 0.728. The summed E-state index contributed by atoms with van der Waals surface area (Å²) in [5, 5.41) is 0. The first kappa shape index (κ1) is 12.2. The summed E-state index contributed by atoms with van der Waals surface area (Å²) in [5.41, 5.74) is 0. The summed E-state index contributed by atoms with van der Waals surface area (Å²) in [5.74, 6) is 0. The van der Waals surface area contributed by atoms with Crippen LogP contribution in [0.2, 0.25) is 0 Å². The third-order valence-corrected chi connectivity index (χ3v) is 6.04. The molecule has 0 saturated heterocycles. The molecule has 2 rings (SSSR count). The molecule has 0 atom stereocenters. The zero-order chi connectivity index (χ0) is 11.7. The lowest BCUT2D eigenvalue weighted by molar-refractivity contribution is 0.111. The molecule has 6 heteroatoms. The minimum absolute atomic E-state index is 0.659. The zero-order valence-corrected chi connectivity index (χ0v) is 12.5. The number of carbonyl (C=O) groups is 2. The van der Waals surface area contributed by atoms with E-state index in [1.807, 2.05) is 12.1 Å². The average molecular weight is 380 g/mol. The van der Waals surface area contributed by atoms with Crippen molar-refractivity contribution >= 4 is 67.1 Å². The molecule has 16 heavy (non-hydrogen) atoms. The van der Waals surface area contributed by atoms with E-state index in [9.17, 15) is 9.59 Å². The van der Waals surface area contributed by atoms with Crippen LogP contribution >= 0.6 is 54.5 Å². The van der Waals surface area contributed by atoms with Gasteiger partial charge in [0.05, 0.1) is 9.75 Å². The number of aldehydes is 2. The van der Waals surface area contributed by atoms with E-state index in [-0.39, 0.29) is 0 Å². The summed E-state index contributed by atoms with van der Waals surface area (Å²) in [6.45, 7) is 0. The van der Waals surface area contributed by atoms with Crippen molar-refractivity contribution in [1.82, 2.24) is 0 Å². The lowest BCUT2D eigenvalue weighted by Crippen LogP contribution is -1.67. The van der Waals surface area contributed by atoms with Crippen LogP contribution in [0.1, 0.15) is 19.3 Å². The maximum Gasteiger partial charge on any atom is 0.161 e. The van der Waals surface area contributed by atoms with E-state index in [0.717, 1.165) is 31.3 Å². The fourth-order valence-electron chi connectivity index (χ4n) is 1.17. The highest BCUT2D eigenvalue weighted by molar-refractivity contribution is 9.11. The van der Waals surface area contributed by atoms with Gasteiger partial charge in [0.1, 0.15) is 0 Å². The summed E-state index contributed by atoms with van der Waals surface area (Å²) in [6, 6.07) is 3.78. The van der Waals surface area contributed by atoms with Crippen LogP contribution in [0, 0.1) is 0 Å². The molecule has 2 aromatic heterocycles. The van der Waals surface area contributed by atoms with Crippen LogP contribution in [-0.2, 0) is 0 Å². The van der Waals surface area contributed by atoms with Crippen LogP contribution in [0.5, 0.6) is 0 Å². The minimum atomic E-state index is 0.659. The van der Waals surface area contributed by atoms with Crippen molar-refractivity contribution in [3.63, 3.8) is 0 Å². The standard InChI is InChI=1S/C10H4Br2O2S2/c11-5-1-7(15-9(5)3-13)8-2-6(12)10(4-14)16-8/h1-4H. The van der Waals surface area contributed by atoms with Gasteiger partial charge in [-0.05, 0) is 44.0 Å². The molecule has 0 aliphatic heterocycles. The Kier molecular flexibility index (Phi) is 3.73. The van der Waals surface area contributed by atoms with E-state index in [2.05, 4.69) is 31.9 Å². The highest BCUT2D eigenvalue weighted by atomic mass is 79.9. The Balaban J connectivity index is 2.49. The molecule has 0 unspecified atom stereocenters. The second kappa shape index (κ2) is 4.91. The summed E-state index contributed by atoms with van der Waals surface area (Å²) in [7, 11) is 0. The van der Waals surface area contributed by atoms with Gasteiger partial charge in [-0.2, -0.15) is 0 Å². The Morgan fingerprint density at radius 1 is 0.875 bits per heavy atom. The summed E-state index contributed by atoms with van der Waals surface area (Å²) < 4.78 is 1.58. The van der Waals surface area contributed by atoms with Gasteiger partial charge >= 0.3 is 0 Å². The van der Waals surface area contributed by atoms with Crippen LogP contribution in [0.4, 0.5) is 0 Å². The largest absolute Gasteiger partial charge is 0.297 e. The van der Waals surface area contributed by atoms with Crippen LogP contribution in [0.15, 0.2) is 21.1 Å². The van der Waals surface area contributed by atoms with Crippen molar-refractivity contribution in [2.75, 3.05) is 0 Å². The molecule has 0 amide bonds. The summed E-state index contributed by atoms with van der Waals surface area (Å²) in [4.78, 5) is 24.7. The van der Waals surface area contributed by atoms with Crippen molar-refractivity contribution in [2.45, 2.75) is 0 Å². The van der Waals surface area contributed by atoms with E-state index in [1.165, 1.54) is 22.7 Å². The molecule has 0 spiro atoms. The number of carbonyl (C=O) groups excluding carboxylic acids is 2. The first-order valence-electron chi connectivity index (χ1n) is 4.15. The third-order valence-electron chi connectivity index (χ3n) is 1.88. The normalized spacial score (nSPS) is 10.4. The van der Waals surface area contributed by atoms with Crippen molar-refractivity contribution in [2.24, 2.45) is 0 Å². The van der Waals surface area contributed by atoms with Gasteiger partial charge in [-0.25, -0.2) is 0 Å². The van der Waals surface area contributed by atoms with Crippen LogP contribution in [0.25, 0.3) is 9.75 Å². The molecule has 0 fully saturated rings. The van der Waals surface area contributed by atoms with E-state index < -0.39 is 0 Å². The molecule has 2 heterocycles. The first-order valence-corrected chi connectivity index (χ1v) is 7.37. The van der Waals surface area contributed by atoms with Gasteiger partial charge in [0.15, 0.2) is 12.6 Å². The SMILES string of the molecule is O=Cc1sc(-c2cc(Br)c(C=O)s2)cc1Br. The predicted octanol–water partition coefficient (Wildman–Crippen LogP) is 4.63. The van der Waals surface area contributed by atoms with Gasteiger partial charge in [-0.3, -0.25) is 9.59 Å². The molecule has 2 aromatic rings. The van der Waals surface area contributed by atoms with E-state index in [1.54, 1.807) is 0 Å². The summed E-state index contributed by atoms with van der Waals surface area (Å²) in [6.07, 6.45) is 1.64. The highest BCUT2D eigenvalue weighted by Gasteiger charge is 2.12. The van der Waals surface area contributed by atoms with Gasteiger partial charge in [-0.1, -0.05) is 0 Å². The van der Waals surface area contributed by atoms with Gasteiger partial charge < -0.3 is 0 Å². The van der Waals surface area contributed by atoms with Gasteiger partial charge in [0.2, 0.25) is 0 Å². The lowest BCUT2D eigenvalue weighted by atomic mass is 10.3. The number of rotatable bonds is 3. The molecule has 0 aliphatic carbocycles. The first-order chi connectivity index (χ1) is 7.65. The molecule has 2 nitrogen and oxygen atoms in total. The van der Waals surface area contributed by atoms with Crippen molar-refractivity contribution in [3.8, 4) is 9.75 Å². The number of hydrogen-bond donors (Lipinski definition) is 0. The van der Waals surface area contributed by atoms with Crippen LogP contribution in [0.3, 0.4) is 0 Å². The Morgan fingerprint density at radius 2 is 1.25 bits per heavy atom. The second-order valence-corrected chi connectivity index (χ2v) is 6.76. The maximum absolute atomic E-state index is 10.7. The van der Waals surface area contributed by atoms with Gasteiger partial charge in [0.25, 0.3) is 0 Å². The molecule has 82 valence electrons. The molecule has 0 saturated carbocycles. The Morgan fingerprint density at radius 3 is 1.50 bits per heavy atom. The van der Waals surface area contributed by atoms with Crippen molar-refractivity contribution in [3.05, 3.63) is 30.8 Å². The van der Waals surface area contributed by atoms with Gasteiger partial charge in [0, 0.05) is 18.7 Å². The third kappa shape index (κ3) is 2.20. The number of thiophene rings is 2. The Bertz CT molecular complexity index is 507. The topological polar surface area (TPSA) is 34.1 Å². The molecule has 0 aliphatic rings. The van der Waals surface area contributed by atoms with Crippen LogP contribution in [-0.4, -0.2) is 12.6 Å².